The maximum absolute atomic E-state index is 5.68. The number of anilines is 2. The van der Waals surface area contributed by atoms with Crippen LogP contribution in [0.3, 0.4) is 0 Å². The summed E-state index contributed by atoms with van der Waals surface area (Å²) in [6, 6.07) is 12.3. The van der Waals surface area contributed by atoms with Gasteiger partial charge in [0.15, 0.2) is 5.58 Å². The van der Waals surface area contributed by atoms with Crippen LogP contribution in [0.4, 0.5) is 11.8 Å². The number of allylic oxidation sites excluding steroid dienone is 2. The molecule has 5 rings (SSSR count). The van der Waals surface area contributed by atoms with Gasteiger partial charge in [-0.1, -0.05) is 43.4 Å². The second-order valence-corrected chi connectivity index (χ2v) is 7.31. The second-order valence-electron chi connectivity index (χ2n) is 7.31. The molecule has 0 amide bonds. The molecular weight excluding hydrogens is 362 g/mol. The van der Waals surface area contributed by atoms with Gasteiger partial charge < -0.3 is 15.5 Å². The van der Waals surface area contributed by atoms with E-state index in [1.54, 1.807) is 6.33 Å². The van der Waals surface area contributed by atoms with E-state index in [-0.39, 0.29) is 11.6 Å². The van der Waals surface area contributed by atoms with Crippen LogP contribution in [0.5, 0.6) is 0 Å². The topological polar surface area (TPSA) is 89.9 Å². The number of oxazole rings is 1. The van der Waals surface area contributed by atoms with Crippen LogP contribution in [0.1, 0.15) is 19.8 Å². The summed E-state index contributed by atoms with van der Waals surface area (Å²) in [5.41, 5.74) is 9.96. The van der Waals surface area contributed by atoms with Gasteiger partial charge in [0.2, 0.25) is 0 Å². The third-order valence-corrected chi connectivity index (χ3v) is 5.52. The van der Waals surface area contributed by atoms with Crippen molar-refractivity contribution in [3.63, 3.8) is 0 Å². The normalized spacial score (nSPS) is 18.5. The van der Waals surface area contributed by atoms with Crippen LogP contribution < -0.4 is 11.1 Å². The van der Waals surface area contributed by atoms with Crippen LogP contribution in [-0.4, -0.2) is 20.5 Å². The molecule has 2 heterocycles. The van der Waals surface area contributed by atoms with Gasteiger partial charge in [-0.2, -0.15) is 4.98 Å². The van der Waals surface area contributed by atoms with E-state index in [1.807, 2.05) is 24.3 Å². The van der Waals surface area contributed by atoms with E-state index in [4.69, 9.17) is 10.2 Å². The smallest absolute Gasteiger partial charge is 0.292 e. The number of nitrogen functional groups attached to an aromatic ring is 1. The van der Waals surface area contributed by atoms with E-state index in [9.17, 15) is 0 Å². The number of benzene rings is 2. The molecule has 0 saturated carbocycles. The second kappa shape index (κ2) is 6.74. The molecule has 2 aromatic heterocycles. The molecular formula is C23H21N5O. The Bertz CT molecular complexity index is 1270. The molecule has 144 valence electrons. The summed E-state index contributed by atoms with van der Waals surface area (Å²) >= 11 is 0. The van der Waals surface area contributed by atoms with Crippen LogP contribution in [0.15, 0.2) is 71.4 Å². The van der Waals surface area contributed by atoms with Gasteiger partial charge >= 0.3 is 0 Å². The fourth-order valence-electron chi connectivity index (χ4n) is 3.80. The van der Waals surface area contributed by atoms with Gasteiger partial charge in [0.25, 0.3) is 6.01 Å². The number of aromatic nitrogens is 3. The minimum atomic E-state index is -0.136. The molecule has 0 radical (unpaired) electrons. The third kappa shape index (κ3) is 3.12. The van der Waals surface area contributed by atoms with Crippen molar-refractivity contribution < 1.29 is 4.42 Å². The van der Waals surface area contributed by atoms with Crippen molar-refractivity contribution in [3.05, 3.63) is 67.0 Å². The lowest BCUT2D eigenvalue weighted by atomic mass is 9.88. The van der Waals surface area contributed by atoms with Crippen LogP contribution in [-0.2, 0) is 0 Å². The maximum Gasteiger partial charge on any atom is 0.292 e. The summed E-state index contributed by atoms with van der Waals surface area (Å²) in [5.74, 6) is 0.838. The zero-order chi connectivity index (χ0) is 19.8. The Kier molecular flexibility index (Phi) is 4.05. The Morgan fingerprint density at radius 2 is 1.93 bits per heavy atom. The average molecular weight is 383 g/mol. The maximum atomic E-state index is 5.68. The van der Waals surface area contributed by atoms with Gasteiger partial charge in [0.05, 0.1) is 11.1 Å². The molecule has 4 aromatic rings. The Hall–Kier alpha value is -3.67. The van der Waals surface area contributed by atoms with Crippen molar-refractivity contribution in [2.45, 2.75) is 25.3 Å². The summed E-state index contributed by atoms with van der Waals surface area (Å²) in [5, 5.41) is 4.65. The van der Waals surface area contributed by atoms with Crippen molar-refractivity contribution >= 4 is 33.8 Å². The molecule has 6 heteroatoms. The number of hydrogen-bond donors (Lipinski definition) is 2. The SMILES string of the molecule is CCC1(Nc2ncnc3ccc(-c4ccc5oc(N)nc5c4)cc23)C=CC=CC1. The molecule has 0 spiro atoms. The largest absolute Gasteiger partial charge is 0.424 e. The highest BCUT2D eigenvalue weighted by Gasteiger charge is 2.26. The summed E-state index contributed by atoms with van der Waals surface area (Å²) < 4.78 is 5.38. The molecule has 1 aliphatic carbocycles. The Morgan fingerprint density at radius 1 is 1.07 bits per heavy atom. The lowest BCUT2D eigenvalue weighted by Crippen LogP contribution is -2.36. The van der Waals surface area contributed by atoms with Gasteiger partial charge in [-0.15, -0.1) is 0 Å². The van der Waals surface area contributed by atoms with Crippen LogP contribution in [0, 0.1) is 0 Å². The first kappa shape index (κ1) is 17.4. The predicted octanol–water partition coefficient (Wildman–Crippen LogP) is 5.10. The number of hydrogen-bond acceptors (Lipinski definition) is 6. The van der Waals surface area contributed by atoms with Crippen LogP contribution >= 0.6 is 0 Å². The van der Waals surface area contributed by atoms with E-state index in [0.29, 0.717) is 5.58 Å². The molecule has 2 aromatic carbocycles. The molecule has 1 atom stereocenters. The lowest BCUT2D eigenvalue weighted by molar-refractivity contribution is 0.555. The average Bonchev–Trinajstić information content (AvgIpc) is 3.13. The van der Waals surface area contributed by atoms with Gasteiger partial charge in [0, 0.05) is 5.39 Å². The van der Waals surface area contributed by atoms with Crippen molar-refractivity contribution in [2.24, 2.45) is 0 Å². The van der Waals surface area contributed by atoms with Gasteiger partial charge in [0.1, 0.15) is 17.7 Å². The number of nitrogens with two attached hydrogens (primary N) is 1. The van der Waals surface area contributed by atoms with Crippen molar-refractivity contribution in [1.82, 2.24) is 15.0 Å². The molecule has 3 N–H and O–H groups in total. The summed E-state index contributed by atoms with van der Waals surface area (Å²) in [7, 11) is 0. The summed E-state index contributed by atoms with van der Waals surface area (Å²) in [6.45, 7) is 2.18. The third-order valence-electron chi connectivity index (χ3n) is 5.52. The predicted molar refractivity (Wildman–Crippen MR) is 116 cm³/mol. The minimum absolute atomic E-state index is 0.136. The van der Waals surface area contributed by atoms with E-state index in [0.717, 1.165) is 46.2 Å². The van der Waals surface area contributed by atoms with Gasteiger partial charge in [-0.05, 0) is 48.2 Å². The number of fused-ring (bicyclic) bond motifs is 2. The van der Waals surface area contributed by atoms with E-state index < -0.39 is 0 Å². The molecule has 0 fully saturated rings. The first-order chi connectivity index (χ1) is 14.2. The molecule has 1 unspecified atom stereocenters. The van der Waals surface area contributed by atoms with E-state index in [1.165, 1.54) is 0 Å². The van der Waals surface area contributed by atoms with Crippen LogP contribution in [0.25, 0.3) is 33.1 Å². The Morgan fingerprint density at radius 3 is 2.76 bits per heavy atom. The van der Waals surface area contributed by atoms with Crippen molar-refractivity contribution in [3.8, 4) is 11.1 Å². The highest BCUT2D eigenvalue weighted by Crippen LogP contribution is 2.32. The molecule has 6 nitrogen and oxygen atoms in total. The Labute approximate surface area is 168 Å². The zero-order valence-corrected chi connectivity index (χ0v) is 16.1. The molecule has 0 aliphatic heterocycles. The minimum Gasteiger partial charge on any atom is -0.424 e. The summed E-state index contributed by atoms with van der Waals surface area (Å²) in [6.07, 6.45) is 12.1. The first-order valence-electron chi connectivity index (χ1n) is 9.69. The quantitative estimate of drug-likeness (QED) is 0.510. The van der Waals surface area contributed by atoms with E-state index >= 15 is 0 Å². The number of nitrogens with zero attached hydrogens (tertiary/aromatic N) is 3. The number of rotatable bonds is 4. The monoisotopic (exact) mass is 383 g/mol. The number of nitrogens with one attached hydrogen (secondary N) is 1. The highest BCUT2D eigenvalue weighted by molar-refractivity contribution is 5.93. The Balaban J connectivity index is 1.59. The summed E-state index contributed by atoms with van der Waals surface area (Å²) in [4.78, 5) is 13.2. The molecule has 0 bridgehead atoms. The van der Waals surface area contributed by atoms with E-state index in [2.05, 4.69) is 63.6 Å². The van der Waals surface area contributed by atoms with Gasteiger partial charge in [-0.25, -0.2) is 9.97 Å². The van der Waals surface area contributed by atoms with Crippen molar-refractivity contribution in [1.29, 1.82) is 0 Å². The lowest BCUT2D eigenvalue weighted by Gasteiger charge is -2.32. The van der Waals surface area contributed by atoms with Crippen molar-refractivity contribution in [2.75, 3.05) is 11.1 Å². The molecule has 1 aliphatic rings. The molecule has 0 saturated heterocycles. The molecule has 29 heavy (non-hydrogen) atoms. The fourth-order valence-corrected chi connectivity index (χ4v) is 3.80. The highest BCUT2D eigenvalue weighted by atomic mass is 16.4. The fraction of sp³-hybridized carbons (Fsp3) is 0.174. The first-order valence-corrected chi connectivity index (χ1v) is 9.69. The van der Waals surface area contributed by atoms with Gasteiger partial charge in [-0.3, -0.25) is 0 Å². The standard InChI is InChI=1S/C23H21N5O/c1-2-23(10-4-3-5-11-23)28-21-17-12-15(6-8-18(17)25-14-26-21)16-7-9-20-19(13-16)27-22(24)29-20/h3-10,12-14H,2,11H2,1H3,(H2,24,27)(H,25,26,28). The van der Waals surface area contributed by atoms with Crippen LogP contribution in [0.2, 0.25) is 0 Å². The zero-order valence-electron chi connectivity index (χ0n) is 16.1.